The van der Waals surface area contributed by atoms with Gasteiger partial charge in [-0.1, -0.05) is 11.6 Å². The molecule has 0 bridgehead atoms. The second-order valence-electron chi connectivity index (χ2n) is 7.26. The summed E-state index contributed by atoms with van der Waals surface area (Å²) in [6.45, 7) is 3.16. The lowest BCUT2D eigenvalue weighted by molar-refractivity contribution is -0.121. The zero-order valence-corrected chi connectivity index (χ0v) is 17.2. The first-order valence-corrected chi connectivity index (χ1v) is 10.1. The molecular weight excluding hydrogens is 407 g/mol. The van der Waals surface area contributed by atoms with Crippen LogP contribution in [-0.4, -0.2) is 41.9 Å². The van der Waals surface area contributed by atoms with E-state index in [0.29, 0.717) is 47.8 Å². The third-order valence-electron chi connectivity index (χ3n) is 5.26. The molecule has 2 amide bonds. The standard InChI is InChI=1S/C22H22ClFN4O2/c1-14(21(29)27-19-7-4-16(13-25)20(23)12-19)28-10-8-18(9-11-28)26-22(30)15-2-5-17(24)6-3-15/h2-7,12,14,18H,8-11H2,1H3,(H,26,30)(H,27,29). The average molecular weight is 429 g/mol. The van der Waals surface area contributed by atoms with Crippen LogP contribution in [-0.2, 0) is 4.79 Å². The van der Waals surface area contributed by atoms with E-state index in [0.717, 1.165) is 0 Å². The summed E-state index contributed by atoms with van der Waals surface area (Å²) in [4.78, 5) is 26.9. The van der Waals surface area contributed by atoms with E-state index in [1.54, 1.807) is 18.2 Å². The summed E-state index contributed by atoms with van der Waals surface area (Å²) in [5.74, 6) is -0.767. The number of piperidine rings is 1. The summed E-state index contributed by atoms with van der Waals surface area (Å²) in [6.07, 6.45) is 1.43. The Morgan fingerprint density at radius 2 is 1.87 bits per heavy atom. The van der Waals surface area contributed by atoms with Gasteiger partial charge >= 0.3 is 0 Å². The van der Waals surface area contributed by atoms with Crippen molar-refractivity contribution in [1.82, 2.24) is 10.2 Å². The minimum atomic E-state index is -0.379. The van der Waals surface area contributed by atoms with Gasteiger partial charge in [0.05, 0.1) is 16.6 Å². The normalized spacial score (nSPS) is 15.8. The first kappa shape index (κ1) is 21.8. The van der Waals surface area contributed by atoms with Crippen molar-refractivity contribution in [3.8, 4) is 6.07 Å². The largest absolute Gasteiger partial charge is 0.349 e. The molecule has 1 aliphatic heterocycles. The molecule has 1 aliphatic rings. The molecule has 0 aliphatic carbocycles. The molecule has 30 heavy (non-hydrogen) atoms. The highest BCUT2D eigenvalue weighted by Gasteiger charge is 2.27. The predicted octanol–water partition coefficient (Wildman–Crippen LogP) is 3.57. The van der Waals surface area contributed by atoms with Crippen LogP contribution >= 0.6 is 11.6 Å². The third-order valence-corrected chi connectivity index (χ3v) is 5.57. The monoisotopic (exact) mass is 428 g/mol. The molecular formula is C22H22ClFN4O2. The zero-order chi connectivity index (χ0) is 21.7. The number of carbonyl (C=O) groups is 2. The molecule has 1 atom stereocenters. The lowest BCUT2D eigenvalue weighted by Crippen LogP contribution is -2.50. The lowest BCUT2D eigenvalue weighted by atomic mass is 10.0. The topological polar surface area (TPSA) is 85.2 Å². The maximum atomic E-state index is 13.0. The van der Waals surface area contributed by atoms with Gasteiger partial charge in [0, 0.05) is 30.4 Å². The van der Waals surface area contributed by atoms with Crippen molar-refractivity contribution in [2.75, 3.05) is 18.4 Å². The number of likely N-dealkylation sites (tertiary alicyclic amines) is 1. The Kier molecular flexibility index (Phi) is 7.03. The number of hydrogen-bond donors (Lipinski definition) is 2. The predicted molar refractivity (Wildman–Crippen MR) is 113 cm³/mol. The number of nitrogens with one attached hydrogen (secondary N) is 2. The average Bonchev–Trinajstić information content (AvgIpc) is 2.74. The van der Waals surface area contributed by atoms with E-state index in [2.05, 4.69) is 15.5 Å². The number of rotatable bonds is 5. The molecule has 1 saturated heterocycles. The van der Waals surface area contributed by atoms with Crippen LogP contribution in [0, 0.1) is 17.1 Å². The molecule has 8 heteroatoms. The van der Waals surface area contributed by atoms with Crippen LogP contribution in [0.25, 0.3) is 0 Å². The molecule has 0 aromatic heterocycles. The van der Waals surface area contributed by atoms with Crippen molar-refractivity contribution < 1.29 is 14.0 Å². The van der Waals surface area contributed by atoms with Gasteiger partial charge in [0.2, 0.25) is 5.91 Å². The summed E-state index contributed by atoms with van der Waals surface area (Å²) < 4.78 is 13.0. The van der Waals surface area contributed by atoms with Gasteiger partial charge in [-0.05, 0) is 62.2 Å². The van der Waals surface area contributed by atoms with Gasteiger partial charge in [-0.3, -0.25) is 14.5 Å². The van der Waals surface area contributed by atoms with Crippen molar-refractivity contribution in [3.63, 3.8) is 0 Å². The van der Waals surface area contributed by atoms with Gasteiger partial charge < -0.3 is 10.6 Å². The molecule has 6 nitrogen and oxygen atoms in total. The molecule has 1 fully saturated rings. The molecule has 0 spiro atoms. The molecule has 0 radical (unpaired) electrons. The number of amides is 2. The molecule has 3 rings (SSSR count). The van der Waals surface area contributed by atoms with Gasteiger partial charge in [0.1, 0.15) is 11.9 Å². The lowest BCUT2D eigenvalue weighted by Gasteiger charge is -2.35. The van der Waals surface area contributed by atoms with Crippen LogP contribution in [0.4, 0.5) is 10.1 Å². The van der Waals surface area contributed by atoms with Crippen molar-refractivity contribution in [1.29, 1.82) is 5.26 Å². The van der Waals surface area contributed by atoms with Crippen LogP contribution in [0.15, 0.2) is 42.5 Å². The van der Waals surface area contributed by atoms with Crippen molar-refractivity contribution in [3.05, 3.63) is 64.4 Å². The van der Waals surface area contributed by atoms with Crippen LogP contribution in [0.2, 0.25) is 5.02 Å². The van der Waals surface area contributed by atoms with Gasteiger partial charge in [-0.25, -0.2) is 4.39 Å². The van der Waals surface area contributed by atoms with Gasteiger partial charge in [-0.2, -0.15) is 5.26 Å². The molecule has 2 N–H and O–H groups in total. The number of anilines is 1. The first-order valence-electron chi connectivity index (χ1n) is 9.68. The molecule has 2 aromatic carbocycles. The van der Waals surface area contributed by atoms with E-state index in [4.69, 9.17) is 16.9 Å². The summed E-state index contributed by atoms with van der Waals surface area (Å²) in [7, 11) is 0. The van der Waals surface area contributed by atoms with Crippen LogP contribution in [0.1, 0.15) is 35.7 Å². The van der Waals surface area contributed by atoms with E-state index >= 15 is 0 Å². The third kappa shape index (κ3) is 5.35. The van der Waals surface area contributed by atoms with Crippen LogP contribution < -0.4 is 10.6 Å². The summed E-state index contributed by atoms with van der Waals surface area (Å²) in [5, 5.41) is 15.0. The van der Waals surface area contributed by atoms with E-state index in [1.807, 2.05) is 13.0 Å². The molecule has 156 valence electrons. The van der Waals surface area contributed by atoms with E-state index < -0.39 is 0 Å². The number of benzene rings is 2. The maximum absolute atomic E-state index is 13.0. The van der Waals surface area contributed by atoms with Crippen LogP contribution in [0.5, 0.6) is 0 Å². The molecule has 1 unspecified atom stereocenters. The second-order valence-corrected chi connectivity index (χ2v) is 7.67. The zero-order valence-electron chi connectivity index (χ0n) is 16.5. The Hall–Kier alpha value is -2.95. The highest BCUT2D eigenvalue weighted by molar-refractivity contribution is 6.32. The first-order chi connectivity index (χ1) is 14.4. The van der Waals surface area contributed by atoms with E-state index in [9.17, 15) is 14.0 Å². The number of halogens is 2. The molecule has 1 heterocycles. The van der Waals surface area contributed by atoms with E-state index in [-0.39, 0.29) is 29.7 Å². The van der Waals surface area contributed by atoms with E-state index in [1.165, 1.54) is 24.3 Å². The minimum absolute atomic E-state index is 0.00592. The smallest absolute Gasteiger partial charge is 0.251 e. The Morgan fingerprint density at radius 1 is 1.20 bits per heavy atom. The molecule has 2 aromatic rings. The fraction of sp³-hybridized carbons (Fsp3) is 0.318. The van der Waals surface area contributed by atoms with Gasteiger partial charge in [0.15, 0.2) is 0 Å². The maximum Gasteiger partial charge on any atom is 0.251 e. The summed E-state index contributed by atoms with van der Waals surface area (Å²) in [5.41, 5.74) is 1.32. The Bertz CT molecular complexity index is 966. The van der Waals surface area contributed by atoms with Gasteiger partial charge in [0.25, 0.3) is 5.91 Å². The second kappa shape index (κ2) is 9.70. The minimum Gasteiger partial charge on any atom is -0.349 e. The number of nitriles is 1. The highest BCUT2D eigenvalue weighted by atomic mass is 35.5. The van der Waals surface area contributed by atoms with Crippen molar-refractivity contribution in [2.24, 2.45) is 0 Å². The molecule has 0 saturated carbocycles. The number of hydrogen-bond acceptors (Lipinski definition) is 4. The Morgan fingerprint density at radius 3 is 2.47 bits per heavy atom. The quantitative estimate of drug-likeness (QED) is 0.762. The number of nitrogens with zero attached hydrogens (tertiary/aromatic N) is 2. The highest BCUT2D eigenvalue weighted by Crippen LogP contribution is 2.21. The summed E-state index contributed by atoms with van der Waals surface area (Å²) >= 11 is 6.01. The number of carbonyl (C=O) groups excluding carboxylic acids is 2. The summed E-state index contributed by atoms with van der Waals surface area (Å²) in [6, 6.07) is 11.8. The van der Waals surface area contributed by atoms with Gasteiger partial charge in [-0.15, -0.1) is 0 Å². The Labute approximate surface area is 179 Å². The fourth-order valence-corrected chi connectivity index (χ4v) is 3.62. The SMILES string of the molecule is CC(C(=O)Nc1ccc(C#N)c(Cl)c1)N1CCC(NC(=O)c2ccc(F)cc2)CC1. The Balaban J connectivity index is 1.49. The van der Waals surface area contributed by atoms with Crippen molar-refractivity contribution in [2.45, 2.75) is 31.8 Å². The van der Waals surface area contributed by atoms with Crippen molar-refractivity contribution >= 4 is 29.1 Å². The van der Waals surface area contributed by atoms with Crippen LogP contribution in [0.3, 0.4) is 0 Å². The fourth-order valence-electron chi connectivity index (χ4n) is 3.40.